The molecule has 13 heteroatoms. The molecule has 5 rings (SSSR count). The van der Waals surface area contributed by atoms with Crippen LogP contribution in [0, 0.1) is 11.3 Å². The van der Waals surface area contributed by atoms with E-state index in [1.54, 1.807) is 9.80 Å². The standard InChI is InChI=1S/C28H33F3N8O2/c1-3-25(40)39-14-13-38(16-19(39)6-9-32)26-21-8-12-37(24-7-10-33-15-22(24)28(29,30)31)17-23(21)34-27(35-26)41-18-20-5-4-11-36(20)2/h3,7,10,15,19-20H,1,4-6,8,11-14,16-18H2,2H3/t19?,20-/m0/s1. The molecule has 1 unspecified atom stereocenters. The van der Waals surface area contributed by atoms with Crippen LogP contribution in [0.5, 0.6) is 6.01 Å². The molecule has 0 aliphatic carbocycles. The van der Waals surface area contributed by atoms with Gasteiger partial charge in [0.2, 0.25) is 5.91 Å². The Morgan fingerprint density at radius 2 is 2.05 bits per heavy atom. The Kier molecular flexibility index (Phi) is 8.30. The quantitative estimate of drug-likeness (QED) is 0.465. The SMILES string of the molecule is C=CC(=O)N1CCN(c2nc(OC[C@@H]3CCCN3C)nc3c2CCN(c2ccncc2C(F)(F)F)C3)CC1CC#N. The monoisotopic (exact) mass is 570 g/mol. The lowest BCUT2D eigenvalue weighted by Crippen LogP contribution is -2.55. The van der Waals surface area contributed by atoms with Crippen LogP contribution in [0.4, 0.5) is 24.7 Å². The van der Waals surface area contributed by atoms with Crippen molar-refractivity contribution in [2.24, 2.45) is 0 Å². The first-order chi connectivity index (χ1) is 19.7. The van der Waals surface area contributed by atoms with Crippen LogP contribution in [-0.4, -0.2) is 89.1 Å². The number of pyridine rings is 1. The van der Waals surface area contributed by atoms with Crippen LogP contribution in [0.15, 0.2) is 31.1 Å². The number of alkyl halides is 3. The minimum Gasteiger partial charge on any atom is -0.462 e. The van der Waals surface area contributed by atoms with Gasteiger partial charge in [0.05, 0.1) is 42.0 Å². The number of carbonyl (C=O) groups is 1. The van der Waals surface area contributed by atoms with Gasteiger partial charge in [-0.25, -0.2) is 0 Å². The summed E-state index contributed by atoms with van der Waals surface area (Å²) < 4.78 is 47.5. The van der Waals surface area contributed by atoms with Gasteiger partial charge in [-0.05, 0) is 45.0 Å². The smallest absolute Gasteiger partial charge is 0.419 e. The number of nitriles is 1. The van der Waals surface area contributed by atoms with Crippen molar-refractivity contribution in [3.8, 4) is 12.1 Å². The van der Waals surface area contributed by atoms with Gasteiger partial charge >= 0.3 is 12.2 Å². The summed E-state index contributed by atoms with van der Waals surface area (Å²) in [5, 5.41) is 9.42. The van der Waals surface area contributed by atoms with E-state index in [0.717, 1.165) is 31.1 Å². The Balaban J connectivity index is 1.47. The maximum absolute atomic E-state index is 13.8. The molecule has 2 saturated heterocycles. The fraction of sp³-hybridized carbons (Fsp3) is 0.536. The van der Waals surface area contributed by atoms with Gasteiger partial charge in [-0.2, -0.15) is 28.4 Å². The molecule has 0 spiro atoms. The molecule has 0 radical (unpaired) electrons. The number of halogens is 3. The molecule has 0 N–H and O–H groups in total. The number of hydrogen-bond acceptors (Lipinski definition) is 9. The molecule has 2 atom stereocenters. The van der Waals surface area contributed by atoms with Crippen molar-refractivity contribution in [3.05, 3.63) is 47.9 Å². The highest BCUT2D eigenvalue weighted by atomic mass is 19.4. The van der Waals surface area contributed by atoms with E-state index in [4.69, 9.17) is 9.72 Å². The Morgan fingerprint density at radius 1 is 1.22 bits per heavy atom. The maximum Gasteiger partial charge on any atom is 0.419 e. The summed E-state index contributed by atoms with van der Waals surface area (Å²) in [4.78, 5) is 33.2. The second kappa shape index (κ2) is 11.9. The third-order valence-corrected chi connectivity index (χ3v) is 8.11. The minimum atomic E-state index is -4.54. The number of rotatable bonds is 7. The van der Waals surface area contributed by atoms with Crippen molar-refractivity contribution in [2.75, 3.05) is 56.2 Å². The number of nitrogens with zero attached hydrogens (tertiary/aromatic N) is 8. The van der Waals surface area contributed by atoms with Crippen molar-refractivity contribution in [1.82, 2.24) is 24.8 Å². The predicted octanol–water partition coefficient (Wildman–Crippen LogP) is 3.04. The normalized spacial score (nSPS) is 21.4. The van der Waals surface area contributed by atoms with Crippen LogP contribution in [0.25, 0.3) is 0 Å². The summed E-state index contributed by atoms with van der Waals surface area (Å²) in [6, 6.07) is 3.60. The summed E-state index contributed by atoms with van der Waals surface area (Å²) in [7, 11) is 2.05. The Labute approximate surface area is 237 Å². The fourth-order valence-corrected chi connectivity index (χ4v) is 5.90. The molecule has 2 aromatic heterocycles. The number of amides is 1. The Hall–Kier alpha value is -3.92. The summed E-state index contributed by atoms with van der Waals surface area (Å²) in [5.41, 5.74) is 0.704. The van der Waals surface area contributed by atoms with Gasteiger partial charge in [-0.3, -0.25) is 9.78 Å². The van der Waals surface area contributed by atoms with E-state index >= 15 is 0 Å². The van der Waals surface area contributed by atoms with E-state index in [1.807, 2.05) is 11.9 Å². The minimum absolute atomic E-state index is 0.0546. The van der Waals surface area contributed by atoms with Crippen LogP contribution in [0.2, 0.25) is 0 Å². The van der Waals surface area contributed by atoms with Gasteiger partial charge < -0.3 is 24.3 Å². The number of aromatic nitrogens is 3. The topological polar surface area (TPSA) is 102 Å². The van der Waals surface area contributed by atoms with E-state index in [9.17, 15) is 23.2 Å². The molecular formula is C28H33F3N8O2. The molecule has 2 aromatic rings. The number of hydrogen-bond donors (Lipinski definition) is 0. The van der Waals surface area contributed by atoms with Gasteiger partial charge in [0, 0.05) is 50.2 Å². The highest BCUT2D eigenvalue weighted by molar-refractivity contribution is 5.87. The molecule has 2 fully saturated rings. The lowest BCUT2D eigenvalue weighted by molar-refractivity contribution is -0.137. The summed E-state index contributed by atoms with van der Waals surface area (Å²) in [5.74, 6) is 0.414. The van der Waals surface area contributed by atoms with Gasteiger partial charge in [0.25, 0.3) is 0 Å². The van der Waals surface area contributed by atoms with Crippen LogP contribution >= 0.6 is 0 Å². The molecule has 1 amide bonds. The average molecular weight is 571 g/mol. The van der Waals surface area contributed by atoms with Crippen LogP contribution < -0.4 is 14.5 Å². The zero-order valence-corrected chi connectivity index (χ0v) is 23.0. The summed E-state index contributed by atoms with van der Waals surface area (Å²) >= 11 is 0. The van der Waals surface area contributed by atoms with Crippen molar-refractivity contribution in [3.63, 3.8) is 0 Å². The first kappa shape index (κ1) is 28.6. The van der Waals surface area contributed by atoms with Crippen molar-refractivity contribution in [2.45, 2.75) is 50.5 Å². The van der Waals surface area contributed by atoms with Crippen LogP contribution in [-0.2, 0) is 23.9 Å². The zero-order chi connectivity index (χ0) is 29.1. The van der Waals surface area contributed by atoms with Gasteiger partial charge in [-0.15, -0.1) is 0 Å². The van der Waals surface area contributed by atoms with E-state index in [0.29, 0.717) is 50.7 Å². The molecule has 5 heterocycles. The number of anilines is 2. The molecule has 3 aliphatic rings. The van der Waals surface area contributed by atoms with Crippen molar-refractivity contribution < 1.29 is 22.7 Å². The molecular weight excluding hydrogens is 537 g/mol. The van der Waals surface area contributed by atoms with Crippen molar-refractivity contribution in [1.29, 1.82) is 5.26 Å². The summed E-state index contributed by atoms with van der Waals surface area (Å²) in [6.07, 6.45) is 1.57. The first-order valence-electron chi connectivity index (χ1n) is 13.7. The Bertz CT molecular complexity index is 1330. The lowest BCUT2D eigenvalue weighted by atomic mass is 10.0. The highest BCUT2D eigenvalue weighted by Crippen LogP contribution is 2.39. The highest BCUT2D eigenvalue weighted by Gasteiger charge is 2.37. The van der Waals surface area contributed by atoms with E-state index in [-0.39, 0.29) is 42.7 Å². The predicted molar refractivity (Wildman–Crippen MR) is 145 cm³/mol. The molecule has 41 heavy (non-hydrogen) atoms. The molecule has 3 aliphatic heterocycles. The molecule has 0 bridgehead atoms. The van der Waals surface area contributed by atoms with Crippen LogP contribution in [0.1, 0.15) is 36.1 Å². The van der Waals surface area contributed by atoms with Gasteiger partial charge in [-0.1, -0.05) is 6.58 Å². The van der Waals surface area contributed by atoms with E-state index < -0.39 is 11.7 Å². The molecule has 0 saturated carbocycles. The first-order valence-corrected chi connectivity index (χ1v) is 13.7. The second-order valence-corrected chi connectivity index (χ2v) is 10.6. The summed E-state index contributed by atoms with van der Waals surface area (Å²) in [6.45, 7) is 6.69. The number of likely N-dealkylation sites (tertiary alicyclic amines) is 1. The maximum atomic E-state index is 13.8. The van der Waals surface area contributed by atoms with E-state index in [2.05, 4.69) is 27.5 Å². The largest absolute Gasteiger partial charge is 0.462 e. The van der Waals surface area contributed by atoms with E-state index in [1.165, 1.54) is 18.3 Å². The van der Waals surface area contributed by atoms with Gasteiger partial charge in [0.15, 0.2) is 0 Å². The zero-order valence-electron chi connectivity index (χ0n) is 23.0. The van der Waals surface area contributed by atoms with Crippen molar-refractivity contribution >= 4 is 17.4 Å². The second-order valence-electron chi connectivity index (χ2n) is 10.6. The fourth-order valence-electron chi connectivity index (χ4n) is 5.90. The number of likely N-dealkylation sites (N-methyl/N-ethyl adjacent to an activating group) is 1. The number of piperazine rings is 1. The number of fused-ring (bicyclic) bond motifs is 1. The third kappa shape index (κ3) is 6.07. The number of ether oxygens (including phenoxy) is 1. The Morgan fingerprint density at radius 3 is 2.76 bits per heavy atom. The lowest BCUT2D eigenvalue weighted by Gasteiger charge is -2.42. The molecule has 218 valence electrons. The average Bonchev–Trinajstić information content (AvgIpc) is 3.39. The third-order valence-electron chi connectivity index (χ3n) is 8.11. The van der Waals surface area contributed by atoms with Gasteiger partial charge in [0.1, 0.15) is 12.4 Å². The number of carbonyl (C=O) groups excluding carboxylic acids is 1. The van der Waals surface area contributed by atoms with Crippen LogP contribution in [0.3, 0.4) is 0 Å². The molecule has 10 nitrogen and oxygen atoms in total. The molecule has 0 aromatic carbocycles.